The van der Waals surface area contributed by atoms with Crippen LogP contribution in [-0.4, -0.2) is 15.8 Å². The van der Waals surface area contributed by atoms with Crippen molar-refractivity contribution in [2.24, 2.45) is 10.1 Å². The molecule has 3 heterocycles. The van der Waals surface area contributed by atoms with Gasteiger partial charge >= 0.3 is 5.88 Å². The van der Waals surface area contributed by atoms with Gasteiger partial charge in [0.25, 0.3) is 0 Å². The summed E-state index contributed by atoms with van der Waals surface area (Å²) in [6.07, 6.45) is 1.42. The van der Waals surface area contributed by atoms with Crippen LogP contribution in [0.5, 0.6) is 0 Å². The Bertz CT molecular complexity index is 1540. The van der Waals surface area contributed by atoms with Crippen LogP contribution in [0.4, 0.5) is 11.6 Å². The summed E-state index contributed by atoms with van der Waals surface area (Å²) in [4.78, 5) is 15.7. The molecule has 34 heavy (non-hydrogen) atoms. The van der Waals surface area contributed by atoms with Gasteiger partial charge in [-0.1, -0.05) is 44.2 Å². The van der Waals surface area contributed by atoms with E-state index in [9.17, 15) is 10.1 Å². The Balaban J connectivity index is 1.60. The van der Waals surface area contributed by atoms with Crippen molar-refractivity contribution in [1.29, 1.82) is 0 Å². The summed E-state index contributed by atoms with van der Waals surface area (Å²) < 4.78 is 12.9. The lowest BCUT2D eigenvalue weighted by Gasteiger charge is -2.04. The minimum absolute atomic E-state index is 0.258. The number of furan rings is 2. The smallest absolute Gasteiger partial charge is 0.433 e. The Morgan fingerprint density at radius 2 is 1.85 bits per heavy atom. The monoisotopic (exact) mass is 472 g/mol. The lowest BCUT2D eigenvalue weighted by Crippen LogP contribution is -2.11. The van der Waals surface area contributed by atoms with Gasteiger partial charge in [0.2, 0.25) is 4.80 Å². The first-order chi connectivity index (χ1) is 16.5. The topological polar surface area (TPSA) is 99.1 Å². The zero-order valence-corrected chi connectivity index (χ0v) is 19.2. The van der Waals surface area contributed by atoms with Crippen LogP contribution in [0, 0.1) is 10.1 Å². The molecule has 5 rings (SSSR count). The molecule has 2 aromatic carbocycles. The minimum Gasteiger partial charge on any atom is -0.454 e. The van der Waals surface area contributed by atoms with Crippen LogP contribution in [0.25, 0.3) is 22.4 Å². The minimum atomic E-state index is -0.587. The van der Waals surface area contributed by atoms with E-state index in [2.05, 4.69) is 31.1 Å². The Hall–Kier alpha value is -4.24. The molecule has 5 aromatic rings. The highest BCUT2D eigenvalue weighted by Crippen LogP contribution is 2.28. The number of benzene rings is 2. The van der Waals surface area contributed by atoms with Crippen LogP contribution in [0.2, 0.25) is 0 Å². The Morgan fingerprint density at radius 1 is 1.06 bits per heavy atom. The first-order valence-corrected chi connectivity index (χ1v) is 11.5. The third kappa shape index (κ3) is 4.33. The molecule has 0 aliphatic carbocycles. The summed E-state index contributed by atoms with van der Waals surface area (Å²) in [5, 5.41) is 18.4. The Labute approximate surface area is 198 Å². The fourth-order valence-electron chi connectivity index (χ4n) is 3.44. The third-order valence-corrected chi connectivity index (χ3v) is 6.06. The summed E-state index contributed by atoms with van der Waals surface area (Å²) in [5.74, 6) is 0.983. The third-order valence-electron chi connectivity index (χ3n) is 5.24. The summed E-state index contributed by atoms with van der Waals surface area (Å²) in [5.41, 5.74) is 3.50. The van der Waals surface area contributed by atoms with Gasteiger partial charge in [0.05, 0.1) is 18.0 Å². The molecule has 0 unspecified atom stereocenters. The zero-order valence-electron chi connectivity index (χ0n) is 18.4. The second-order valence-electron chi connectivity index (χ2n) is 7.90. The number of para-hydroxylation sites is 1. The lowest BCUT2D eigenvalue weighted by atomic mass is 10.0. The van der Waals surface area contributed by atoms with Gasteiger partial charge in [-0.05, 0) is 41.8 Å². The lowest BCUT2D eigenvalue weighted by molar-refractivity contribution is -0.402. The van der Waals surface area contributed by atoms with Gasteiger partial charge in [-0.2, -0.15) is 5.10 Å². The number of nitro groups is 1. The van der Waals surface area contributed by atoms with Crippen LogP contribution < -0.4 is 4.80 Å². The first kappa shape index (κ1) is 21.6. The molecular weight excluding hydrogens is 452 g/mol. The summed E-state index contributed by atoms with van der Waals surface area (Å²) in [6.45, 7) is 4.29. The number of nitrogens with zero attached hydrogens (tertiary/aromatic N) is 4. The average molecular weight is 473 g/mol. The zero-order chi connectivity index (χ0) is 23.7. The maximum absolute atomic E-state index is 10.9. The fourth-order valence-corrected chi connectivity index (χ4v) is 4.27. The maximum Gasteiger partial charge on any atom is 0.433 e. The number of aromatic nitrogens is 1. The van der Waals surface area contributed by atoms with Gasteiger partial charge in [0.15, 0.2) is 11.5 Å². The SMILES string of the molecule is CC(C)c1ccc(N=c2scc(-c3cc4ccccc4o3)n2N=Cc2ccc([N+](=O)[O-])o2)cc1. The van der Waals surface area contributed by atoms with Crippen molar-refractivity contribution in [2.45, 2.75) is 19.8 Å². The molecule has 170 valence electrons. The normalized spacial score (nSPS) is 12.4. The van der Waals surface area contributed by atoms with Crippen molar-refractivity contribution < 1.29 is 13.8 Å². The molecule has 3 aromatic heterocycles. The van der Waals surface area contributed by atoms with E-state index in [4.69, 9.17) is 13.8 Å². The highest BCUT2D eigenvalue weighted by Gasteiger charge is 2.14. The molecule has 0 bridgehead atoms. The predicted molar refractivity (Wildman–Crippen MR) is 132 cm³/mol. The van der Waals surface area contributed by atoms with Crippen molar-refractivity contribution in [1.82, 2.24) is 4.68 Å². The highest BCUT2D eigenvalue weighted by atomic mass is 32.1. The highest BCUT2D eigenvalue weighted by molar-refractivity contribution is 7.07. The number of fused-ring (bicyclic) bond motifs is 1. The Kier molecular flexibility index (Phi) is 5.69. The average Bonchev–Trinajstić information content (AvgIpc) is 3.56. The van der Waals surface area contributed by atoms with Crippen molar-refractivity contribution in [2.75, 3.05) is 0 Å². The van der Waals surface area contributed by atoms with E-state index in [-0.39, 0.29) is 11.6 Å². The quantitative estimate of drug-likeness (QED) is 0.156. The van der Waals surface area contributed by atoms with E-state index in [1.54, 1.807) is 4.68 Å². The molecule has 0 atom stereocenters. The van der Waals surface area contributed by atoms with Crippen LogP contribution in [0.1, 0.15) is 31.1 Å². The van der Waals surface area contributed by atoms with E-state index < -0.39 is 4.92 Å². The number of hydrogen-bond acceptors (Lipinski definition) is 7. The predicted octanol–water partition coefficient (Wildman–Crippen LogP) is 6.70. The number of hydrogen-bond donors (Lipinski definition) is 0. The number of rotatable bonds is 6. The molecule has 0 aliphatic rings. The van der Waals surface area contributed by atoms with Crippen LogP contribution >= 0.6 is 11.3 Å². The molecule has 0 N–H and O–H groups in total. The van der Waals surface area contributed by atoms with E-state index in [0.29, 0.717) is 22.2 Å². The summed E-state index contributed by atoms with van der Waals surface area (Å²) in [7, 11) is 0. The van der Waals surface area contributed by atoms with Gasteiger partial charge in [-0.25, -0.2) is 9.67 Å². The largest absolute Gasteiger partial charge is 0.454 e. The maximum atomic E-state index is 10.9. The van der Waals surface area contributed by atoms with Gasteiger partial charge in [-0.3, -0.25) is 10.1 Å². The van der Waals surface area contributed by atoms with Gasteiger partial charge < -0.3 is 8.83 Å². The van der Waals surface area contributed by atoms with Crippen molar-refractivity contribution in [3.8, 4) is 11.5 Å². The number of thiazole rings is 1. The van der Waals surface area contributed by atoms with Crippen LogP contribution in [-0.2, 0) is 0 Å². The molecule has 0 saturated heterocycles. The van der Waals surface area contributed by atoms with Crippen LogP contribution in [0.15, 0.2) is 91.0 Å². The van der Waals surface area contributed by atoms with E-state index in [1.165, 1.54) is 35.2 Å². The molecule has 0 fully saturated rings. The Morgan fingerprint density at radius 3 is 2.56 bits per heavy atom. The molecule has 0 saturated carbocycles. The molecule has 8 nitrogen and oxygen atoms in total. The molecule has 0 radical (unpaired) electrons. The summed E-state index contributed by atoms with van der Waals surface area (Å²) >= 11 is 1.42. The van der Waals surface area contributed by atoms with Gasteiger partial charge in [0, 0.05) is 10.8 Å². The molecule has 0 amide bonds. The van der Waals surface area contributed by atoms with E-state index in [1.807, 2.05) is 47.8 Å². The summed E-state index contributed by atoms with van der Waals surface area (Å²) in [6, 6.07) is 20.6. The van der Waals surface area contributed by atoms with Crippen LogP contribution in [0.3, 0.4) is 0 Å². The second-order valence-corrected chi connectivity index (χ2v) is 8.74. The van der Waals surface area contributed by atoms with E-state index >= 15 is 0 Å². The first-order valence-electron chi connectivity index (χ1n) is 10.6. The van der Waals surface area contributed by atoms with Crippen molar-refractivity contribution >= 4 is 40.1 Å². The van der Waals surface area contributed by atoms with E-state index in [0.717, 1.165) is 16.7 Å². The van der Waals surface area contributed by atoms with Crippen molar-refractivity contribution in [3.05, 3.63) is 98.3 Å². The molecule has 0 aliphatic heterocycles. The molecule has 0 spiro atoms. The van der Waals surface area contributed by atoms with Gasteiger partial charge in [-0.15, -0.1) is 11.3 Å². The standard InChI is InChI=1S/C25H20N4O4S/c1-16(2)17-7-9-19(10-8-17)27-25-28(26-14-20-11-12-24(32-20)29(30)31)21(15-34-25)23-13-18-5-3-4-6-22(18)33-23/h3-16H,1-2H3. The van der Waals surface area contributed by atoms with Gasteiger partial charge in [0.1, 0.15) is 16.2 Å². The second kappa shape index (κ2) is 8.95. The molecule has 9 heteroatoms. The molecular formula is C25H20N4O4S. The fraction of sp³-hybridized carbons (Fsp3) is 0.120. The van der Waals surface area contributed by atoms with Crippen molar-refractivity contribution in [3.63, 3.8) is 0 Å².